The van der Waals surface area contributed by atoms with E-state index in [1.54, 1.807) is 0 Å². The first-order chi connectivity index (χ1) is 11.3. The molecule has 23 heavy (non-hydrogen) atoms. The van der Waals surface area contributed by atoms with Crippen LogP contribution < -0.4 is 20.7 Å². The minimum Gasteiger partial charge on any atom is -0.349 e. The second-order valence-corrected chi connectivity index (χ2v) is 6.66. The molecule has 2 heterocycles. The van der Waals surface area contributed by atoms with Gasteiger partial charge in [0.25, 0.3) is 6.71 Å². The summed E-state index contributed by atoms with van der Waals surface area (Å²) >= 11 is 0. The minimum atomic E-state index is 0.372. The van der Waals surface area contributed by atoms with Crippen LogP contribution in [-0.4, -0.2) is 20.8 Å². The summed E-state index contributed by atoms with van der Waals surface area (Å²) < 4.78 is 0. The summed E-state index contributed by atoms with van der Waals surface area (Å²) in [5, 5.41) is 0. The molecule has 0 saturated carbocycles. The summed E-state index contributed by atoms with van der Waals surface area (Å²) in [6.07, 6.45) is 4.68. The van der Waals surface area contributed by atoms with Crippen LogP contribution in [0.3, 0.4) is 0 Å². The third-order valence-electron chi connectivity index (χ3n) is 5.58. The van der Waals surface area contributed by atoms with Gasteiger partial charge in [-0.15, -0.1) is 0 Å². The maximum atomic E-state index is 2.42. The molecular formula is C20H19BN2. The van der Waals surface area contributed by atoms with E-state index in [1.807, 2.05) is 0 Å². The molecule has 0 N–H and O–H groups in total. The molecule has 0 bridgehead atoms. The Hall–Kier alpha value is -2.42. The monoisotopic (exact) mass is 298 g/mol. The summed E-state index contributed by atoms with van der Waals surface area (Å²) in [5.74, 6) is 0. The summed E-state index contributed by atoms with van der Waals surface area (Å²) in [5.41, 5.74) is 9.97. The molecule has 2 aliphatic heterocycles. The lowest BCUT2D eigenvalue weighted by atomic mass is 9.32. The Kier molecular flexibility index (Phi) is 2.58. The van der Waals surface area contributed by atoms with Crippen molar-refractivity contribution in [2.24, 2.45) is 0 Å². The van der Waals surface area contributed by atoms with Crippen molar-refractivity contribution < 1.29 is 0 Å². The van der Waals surface area contributed by atoms with Gasteiger partial charge in [-0.25, -0.2) is 0 Å². The Morgan fingerprint density at radius 3 is 2.13 bits per heavy atom. The lowest BCUT2D eigenvalue weighted by molar-refractivity contribution is 0.859. The van der Waals surface area contributed by atoms with E-state index in [0.29, 0.717) is 6.71 Å². The van der Waals surface area contributed by atoms with Crippen LogP contribution in [0.4, 0.5) is 11.4 Å². The highest BCUT2D eigenvalue weighted by Gasteiger charge is 2.42. The number of benzene rings is 2. The number of likely N-dealkylation sites (N-methyl/N-ethyl adjacent to an activating group) is 1. The maximum Gasteiger partial charge on any atom is 0.251 e. The Morgan fingerprint density at radius 2 is 1.43 bits per heavy atom. The zero-order valence-electron chi connectivity index (χ0n) is 13.6. The van der Waals surface area contributed by atoms with Gasteiger partial charge < -0.3 is 9.80 Å². The van der Waals surface area contributed by atoms with Crippen LogP contribution in [-0.2, 0) is 0 Å². The highest BCUT2D eigenvalue weighted by atomic mass is 15.2. The van der Waals surface area contributed by atoms with E-state index in [2.05, 4.69) is 78.5 Å². The van der Waals surface area contributed by atoms with Gasteiger partial charge in [0.15, 0.2) is 0 Å². The zero-order chi connectivity index (χ0) is 15.6. The third-order valence-corrected chi connectivity index (χ3v) is 5.58. The SMILES string of the molecule is CN1C2=CCCC3=C2B(c2ccccc21)c1ccccc1N3C. The number of anilines is 2. The van der Waals surface area contributed by atoms with Crippen LogP contribution in [0.25, 0.3) is 0 Å². The van der Waals surface area contributed by atoms with Crippen LogP contribution in [0.2, 0.25) is 0 Å². The number of hydrogen-bond acceptors (Lipinski definition) is 2. The predicted molar refractivity (Wildman–Crippen MR) is 99.1 cm³/mol. The van der Waals surface area contributed by atoms with Gasteiger partial charge in [0.2, 0.25) is 0 Å². The first-order valence-electron chi connectivity index (χ1n) is 8.36. The van der Waals surface area contributed by atoms with E-state index in [0.717, 1.165) is 12.8 Å². The average Bonchev–Trinajstić information content (AvgIpc) is 2.61. The summed E-state index contributed by atoms with van der Waals surface area (Å²) in [6, 6.07) is 17.8. The average molecular weight is 298 g/mol. The van der Waals surface area contributed by atoms with Gasteiger partial charge in [-0.05, 0) is 41.4 Å². The molecule has 0 radical (unpaired) electrons. The third kappa shape index (κ3) is 1.60. The van der Waals surface area contributed by atoms with Crippen molar-refractivity contribution in [3.63, 3.8) is 0 Å². The molecule has 0 fully saturated rings. The van der Waals surface area contributed by atoms with Crippen LogP contribution >= 0.6 is 0 Å². The van der Waals surface area contributed by atoms with Crippen molar-refractivity contribution in [3.05, 3.63) is 71.5 Å². The van der Waals surface area contributed by atoms with Crippen LogP contribution in [0.5, 0.6) is 0 Å². The fourth-order valence-electron chi connectivity index (χ4n) is 4.55. The van der Waals surface area contributed by atoms with Crippen molar-refractivity contribution in [3.8, 4) is 0 Å². The number of fused-ring (bicyclic) bond motifs is 4. The Morgan fingerprint density at radius 1 is 0.826 bits per heavy atom. The van der Waals surface area contributed by atoms with Crippen molar-refractivity contribution in [1.29, 1.82) is 0 Å². The zero-order valence-corrected chi connectivity index (χ0v) is 13.6. The lowest BCUT2D eigenvalue weighted by Gasteiger charge is -2.45. The fourth-order valence-corrected chi connectivity index (χ4v) is 4.55. The first kappa shape index (κ1) is 13.1. The van der Waals surface area contributed by atoms with Gasteiger partial charge in [0, 0.05) is 36.9 Å². The molecule has 0 unspecified atom stereocenters. The smallest absolute Gasteiger partial charge is 0.251 e. The largest absolute Gasteiger partial charge is 0.349 e. The van der Waals surface area contributed by atoms with Crippen molar-refractivity contribution in [2.45, 2.75) is 12.8 Å². The van der Waals surface area contributed by atoms with Gasteiger partial charge in [-0.1, -0.05) is 42.5 Å². The molecule has 3 aliphatic rings. The number of rotatable bonds is 0. The Labute approximate surface area is 137 Å². The second kappa shape index (κ2) is 4.54. The van der Waals surface area contributed by atoms with E-state index in [4.69, 9.17) is 0 Å². The number of hydrogen-bond donors (Lipinski definition) is 0. The molecule has 0 spiro atoms. The van der Waals surface area contributed by atoms with Crippen LogP contribution in [0, 0.1) is 0 Å². The van der Waals surface area contributed by atoms with Crippen LogP contribution in [0.15, 0.2) is 71.5 Å². The summed E-state index contributed by atoms with van der Waals surface area (Å²) in [7, 11) is 4.43. The topological polar surface area (TPSA) is 6.48 Å². The quantitative estimate of drug-likeness (QED) is 0.690. The van der Waals surface area contributed by atoms with Gasteiger partial charge in [0.05, 0.1) is 0 Å². The summed E-state index contributed by atoms with van der Waals surface area (Å²) in [6.45, 7) is 0.372. The van der Waals surface area contributed by atoms with Crippen molar-refractivity contribution >= 4 is 29.0 Å². The Bertz CT molecular complexity index is 881. The molecule has 5 rings (SSSR count). The fraction of sp³-hybridized carbons (Fsp3) is 0.200. The molecule has 1 aliphatic carbocycles. The van der Waals surface area contributed by atoms with E-state index >= 15 is 0 Å². The molecule has 0 saturated heterocycles. The number of nitrogens with zero attached hydrogens (tertiary/aromatic N) is 2. The molecule has 3 heteroatoms. The summed E-state index contributed by atoms with van der Waals surface area (Å²) in [4.78, 5) is 4.79. The van der Waals surface area contributed by atoms with Crippen molar-refractivity contribution in [2.75, 3.05) is 23.9 Å². The molecule has 0 aromatic heterocycles. The van der Waals surface area contributed by atoms with E-state index in [-0.39, 0.29) is 0 Å². The molecule has 0 atom stereocenters. The standard InChI is InChI=1S/C20H19BN2/c1-22-16-10-5-3-8-14(16)21-15-9-4-6-11-17(15)23(2)19-13-7-12-18(22)20(19)21/h3-6,8-12H,7,13H2,1-2H3. The van der Waals surface area contributed by atoms with Crippen molar-refractivity contribution in [1.82, 2.24) is 0 Å². The van der Waals surface area contributed by atoms with E-state index < -0.39 is 0 Å². The van der Waals surface area contributed by atoms with Gasteiger partial charge >= 0.3 is 0 Å². The highest BCUT2D eigenvalue weighted by Crippen LogP contribution is 2.40. The molecule has 2 aromatic rings. The number of para-hydroxylation sites is 2. The highest BCUT2D eigenvalue weighted by molar-refractivity contribution is 6.94. The molecular weight excluding hydrogens is 279 g/mol. The minimum absolute atomic E-state index is 0.372. The first-order valence-corrected chi connectivity index (χ1v) is 8.36. The molecule has 112 valence electrons. The van der Waals surface area contributed by atoms with E-state index in [9.17, 15) is 0 Å². The number of allylic oxidation sites excluding steroid dienone is 3. The van der Waals surface area contributed by atoms with Gasteiger partial charge in [-0.3, -0.25) is 0 Å². The Balaban J connectivity index is 1.89. The second-order valence-electron chi connectivity index (χ2n) is 6.66. The predicted octanol–water partition coefficient (Wildman–Crippen LogP) is 2.67. The lowest BCUT2D eigenvalue weighted by Crippen LogP contribution is -2.57. The molecule has 2 aromatic carbocycles. The van der Waals surface area contributed by atoms with Crippen LogP contribution in [0.1, 0.15) is 12.8 Å². The molecule has 0 amide bonds. The molecule has 2 nitrogen and oxygen atoms in total. The van der Waals surface area contributed by atoms with Gasteiger partial charge in [0.1, 0.15) is 0 Å². The van der Waals surface area contributed by atoms with Gasteiger partial charge in [-0.2, -0.15) is 0 Å². The van der Waals surface area contributed by atoms with E-state index in [1.165, 1.54) is 39.2 Å². The maximum absolute atomic E-state index is 2.42. The normalized spacial score (nSPS) is 18.3.